The molecule has 1 unspecified atom stereocenters. The van der Waals surface area contributed by atoms with Crippen LogP contribution in [0.3, 0.4) is 0 Å². The lowest BCUT2D eigenvalue weighted by molar-refractivity contribution is 0.104. The van der Waals surface area contributed by atoms with Crippen LogP contribution in [0.2, 0.25) is 10.0 Å². The fraction of sp³-hybridized carbons (Fsp3) is 0.167. The van der Waals surface area contributed by atoms with Gasteiger partial charge in [-0.15, -0.1) is 0 Å². The molecule has 0 N–H and O–H groups in total. The van der Waals surface area contributed by atoms with Gasteiger partial charge in [0.05, 0.1) is 15.6 Å². The lowest BCUT2D eigenvalue weighted by atomic mass is 9.98. The fourth-order valence-corrected chi connectivity index (χ4v) is 6.60. The normalized spacial score (nSPS) is 12.9. The molecule has 1 atom stereocenters. The summed E-state index contributed by atoms with van der Waals surface area (Å²) in [6, 6.07) is 18.3. The Kier molecular flexibility index (Phi) is 6.98. The van der Waals surface area contributed by atoms with Gasteiger partial charge in [0.1, 0.15) is 0 Å². The van der Waals surface area contributed by atoms with Crippen molar-refractivity contribution in [2.45, 2.75) is 26.7 Å². The lowest BCUT2D eigenvalue weighted by Crippen LogP contribution is -2.22. The van der Waals surface area contributed by atoms with Gasteiger partial charge in [-0.2, -0.15) is 0 Å². The van der Waals surface area contributed by atoms with Crippen LogP contribution in [0.1, 0.15) is 45.7 Å². The second kappa shape index (κ2) is 9.31. The molecule has 0 fully saturated rings. The predicted octanol–water partition coefficient (Wildman–Crippen LogP) is 6.79. The zero-order valence-corrected chi connectivity index (χ0v) is 19.1. The van der Waals surface area contributed by atoms with E-state index >= 15 is 0 Å². The maximum atomic E-state index is 14.4. The maximum Gasteiger partial charge on any atom is 0.248 e. The Hall–Kier alpha value is -2.19. The van der Waals surface area contributed by atoms with Crippen molar-refractivity contribution in [3.8, 4) is 0 Å². The minimum absolute atomic E-state index is 0.0657. The molecule has 0 aliphatic heterocycles. The zero-order valence-electron chi connectivity index (χ0n) is 16.7. The molecule has 3 aromatic carbocycles. The zero-order chi connectivity index (χ0) is 21.9. The number of aryl methyl sites for hydroxylation is 2. The van der Waals surface area contributed by atoms with E-state index in [2.05, 4.69) is 0 Å². The Labute approximate surface area is 186 Å². The molecule has 0 heterocycles. The van der Waals surface area contributed by atoms with Gasteiger partial charge in [0.25, 0.3) is 0 Å². The van der Waals surface area contributed by atoms with Gasteiger partial charge in [0, 0.05) is 10.9 Å². The molecule has 0 spiro atoms. The Balaban J connectivity index is 2.32. The van der Waals surface area contributed by atoms with Crippen molar-refractivity contribution in [1.29, 1.82) is 0 Å². The van der Waals surface area contributed by atoms with E-state index in [0.29, 0.717) is 18.4 Å². The summed E-state index contributed by atoms with van der Waals surface area (Å²) in [5.41, 5.74) is 0.257. The van der Waals surface area contributed by atoms with E-state index in [0.717, 1.165) is 11.1 Å². The number of rotatable bonds is 7. The van der Waals surface area contributed by atoms with Crippen molar-refractivity contribution >= 4 is 46.7 Å². The topological polar surface area (TPSA) is 51.2 Å². The molecule has 3 nitrogen and oxygen atoms in total. The Morgan fingerprint density at radius 1 is 0.700 bits per heavy atom. The van der Waals surface area contributed by atoms with E-state index in [4.69, 9.17) is 23.2 Å². The van der Waals surface area contributed by atoms with Crippen LogP contribution in [0, 0.1) is 0 Å². The monoisotopic (exact) mass is 458 g/mol. The van der Waals surface area contributed by atoms with E-state index in [1.165, 1.54) is 12.1 Å². The summed E-state index contributed by atoms with van der Waals surface area (Å²) in [7, 11) is -4.28. The molecular weight excluding hydrogens is 438 g/mol. The number of hydrogen-bond donors (Lipinski definition) is 0. The molecule has 0 saturated heterocycles. The van der Waals surface area contributed by atoms with Gasteiger partial charge in [0.2, 0.25) is 18.2 Å². The third kappa shape index (κ3) is 3.90. The minimum Gasteiger partial charge on any atom is -0.302 e. The summed E-state index contributed by atoms with van der Waals surface area (Å²) in [6.45, 7) is 3.84. The molecule has 0 aliphatic carbocycles. The molecule has 0 saturated carbocycles. The van der Waals surface area contributed by atoms with Gasteiger partial charge < -0.3 is 4.57 Å². The summed E-state index contributed by atoms with van der Waals surface area (Å²) in [6.07, 6.45) is 1.15. The summed E-state index contributed by atoms with van der Waals surface area (Å²) in [5.74, 6) is 0. The average Bonchev–Trinajstić information content (AvgIpc) is 2.77. The second-order valence-electron chi connectivity index (χ2n) is 6.81. The Morgan fingerprint density at radius 2 is 1.17 bits per heavy atom. The van der Waals surface area contributed by atoms with Crippen molar-refractivity contribution in [2.75, 3.05) is 0 Å². The fourth-order valence-electron chi connectivity index (χ4n) is 3.50. The highest BCUT2D eigenvalue weighted by atomic mass is 35.5. The highest BCUT2D eigenvalue weighted by molar-refractivity contribution is 8.01. The van der Waals surface area contributed by atoms with Crippen LogP contribution in [0.5, 0.6) is 0 Å². The molecule has 0 bridgehead atoms. The van der Waals surface area contributed by atoms with E-state index in [1.807, 2.05) is 32.0 Å². The molecule has 0 amide bonds. The summed E-state index contributed by atoms with van der Waals surface area (Å²) in [4.78, 5) is 27.6. The molecule has 3 rings (SSSR count). The van der Waals surface area contributed by atoms with Gasteiger partial charge in [-0.1, -0.05) is 91.6 Å². The summed E-state index contributed by atoms with van der Waals surface area (Å²) in [5, 5.41) is 0.302. The van der Waals surface area contributed by atoms with E-state index in [-0.39, 0.29) is 20.9 Å². The molecule has 6 heteroatoms. The van der Waals surface area contributed by atoms with Gasteiger partial charge >= 0.3 is 0 Å². The molecule has 3 aromatic rings. The first kappa shape index (κ1) is 22.5. The molecule has 0 aliphatic rings. The van der Waals surface area contributed by atoms with Crippen molar-refractivity contribution in [1.82, 2.24) is 0 Å². The first-order chi connectivity index (χ1) is 14.4. The smallest absolute Gasteiger partial charge is 0.248 e. The standard InChI is InChI=1S/C24H21Cl2O3P/c1-3-16-10-8-11-17(4-2)21(16)23(27)30(29,18-12-6-5-7-13-18)24(28)22-19(25)14-9-15-20(22)26/h5-15H,3-4H2,1-2H3. The maximum absolute atomic E-state index is 14.4. The summed E-state index contributed by atoms with van der Waals surface area (Å²) >= 11 is 12.5. The largest absolute Gasteiger partial charge is 0.302 e. The van der Waals surface area contributed by atoms with Crippen molar-refractivity contribution in [3.63, 3.8) is 0 Å². The van der Waals surface area contributed by atoms with Gasteiger partial charge in [-0.3, -0.25) is 9.59 Å². The number of carbonyl (C=O) groups excluding carboxylic acids is 2. The SMILES string of the molecule is CCc1cccc(CC)c1C(=O)P(=O)(C(=O)c1c(Cl)cccc1Cl)c1ccccc1. The molecule has 0 radical (unpaired) electrons. The third-order valence-corrected chi connectivity index (χ3v) is 8.33. The van der Waals surface area contributed by atoms with Crippen molar-refractivity contribution < 1.29 is 14.2 Å². The van der Waals surface area contributed by atoms with Crippen LogP contribution in [0.4, 0.5) is 0 Å². The van der Waals surface area contributed by atoms with Crippen molar-refractivity contribution in [3.05, 3.63) is 99.0 Å². The molecule has 154 valence electrons. The van der Waals surface area contributed by atoms with Gasteiger partial charge in [0.15, 0.2) is 0 Å². The highest BCUT2D eigenvalue weighted by Crippen LogP contribution is 2.53. The minimum atomic E-state index is -4.28. The van der Waals surface area contributed by atoms with Crippen LogP contribution in [-0.2, 0) is 17.4 Å². The second-order valence-corrected chi connectivity index (χ2v) is 10.2. The van der Waals surface area contributed by atoms with E-state index in [9.17, 15) is 14.2 Å². The van der Waals surface area contributed by atoms with Crippen LogP contribution in [-0.4, -0.2) is 11.0 Å². The Morgan fingerprint density at radius 3 is 1.67 bits per heavy atom. The number of carbonyl (C=O) groups is 2. The highest BCUT2D eigenvalue weighted by Gasteiger charge is 2.45. The first-order valence-corrected chi connectivity index (χ1v) is 12.1. The number of benzene rings is 3. The van der Waals surface area contributed by atoms with E-state index in [1.54, 1.807) is 36.4 Å². The van der Waals surface area contributed by atoms with Gasteiger partial charge in [-0.05, 0) is 36.1 Å². The quantitative estimate of drug-likeness (QED) is 0.366. The molecular formula is C24H21Cl2O3P. The Bertz CT molecular complexity index is 1110. The number of halogens is 2. The first-order valence-electron chi connectivity index (χ1n) is 9.66. The van der Waals surface area contributed by atoms with Crippen LogP contribution >= 0.6 is 30.3 Å². The number of hydrogen-bond acceptors (Lipinski definition) is 3. The summed E-state index contributed by atoms with van der Waals surface area (Å²) < 4.78 is 14.4. The van der Waals surface area contributed by atoms with E-state index < -0.39 is 18.2 Å². The lowest BCUT2D eigenvalue weighted by Gasteiger charge is -2.21. The third-order valence-electron chi connectivity index (χ3n) is 5.08. The molecule has 0 aromatic heterocycles. The molecule has 30 heavy (non-hydrogen) atoms. The average molecular weight is 459 g/mol. The van der Waals surface area contributed by atoms with Crippen LogP contribution < -0.4 is 5.30 Å². The van der Waals surface area contributed by atoms with Crippen LogP contribution in [0.15, 0.2) is 66.7 Å². The predicted molar refractivity (Wildman–Crippen MR) is 124 cm³/mol. The van der Waals surface area contributed by atoms with Crippen LogP contribution in [0.25, 0.3) is 0 Å². The van der Waals surface area contributed by atoms with Crippen molar-refractivity contribution in [2.24, 2.45) is 0 Å². The van der Waals surface area contributed by atoms with Gasteiger partial charge in [-0.25, -0.2) is 0 Å².